The molecule has 8 heteroatoms. The van der Waals surface area contributed by atoms with Crippen LogP contribution in [0.1, 0.15) is 12.0 Å². The van der Waals surface area contributed by atoms with E-state index in [-0.39, 0.29) is 24.8 Å². The minimum absolute atomic E-state index is 0. The van der Waals surface area contributed by atoms with Crippen LogP contribution in [0.4, 0.5) is 0 Å². The van der Waals surface area contributed by atoms with Crippen LogP contribution in [0.3, 0.4) is 0 Å². The van der Waals surface area contributed by atoms with E-state index in [0.717, 1.165) is 47.6 Å². The van der Waals surface area contributed by atoms with E-state index in [9.17, 15) is 0 Å². The number of nitrogens with zero attached hydrogens (tertiary/aromatic N) is 2. The molecule has 1 aromatic carbocycles. The second-order valence-electron chi connectivity index (χ2n) is 4.64. The summed E-state index contributed by atoms with van der Waals surface area (Å²) in [5.41, 5.74) is 1.15. The Morgan fingerprint density at radius 1 is 1.22 bits per heavy atom. The van der Waals surface area contributed by atoms with Crippen molar-refractivity contribution in [1.29, 1.82) is 0 Å². The number of ether oxygens (including phenoxy) is 2. The van der Waals surface area contributed by atoms with Gasteiger partial charge in [0.15, 0.2) is 11.5 Å². The number of halogens is 3. The molecule has 1 heterocycles. The van der Waals surface area contributed by atoms with Crippen LogP contribution >= 0.6 is 40.7 Å². The number of rotatable bonds is 8. The monoisotopic (exact) mass is 425 g/mol. The van der Waals surface area contributed by atoms with Gasteiger partial charge in [-0.2, -0.15) is 0 Å². The van der Waals surface area contributed by atoms with Crippen LogP contribution in [0, 0.1) is 0 Å². The van der Waals surface area contributed by atoms with Crippen LogP contribution in [-0.2, 0) is 13.1 Å². The quantitative estimate of drug-likeness (QED) is 0.654. The van der Waals surface area contributed by atoms with Crippen LogP contribution in [0.5, 0.6) is 11.5 Å². The lowest BCUT2D eigenvalue weighted by atomic mass is 10.2. The van der Waals surface area contributed by atoms with E-state index < -0.39 is 0 Å². The van der Waals surface area contributed by atoms with Crippen molar-refractivity contribution in [2.75, 3.05) is 20.8 Å². The van der Waals surface area contributed by atoms with E-state index in [1.165, 1.54) is 0 Å². The largest absolute Gasteiger partial charge is 0.493 e. The zero-order valence-electron chi connectivity index (χ0n) is 13.1. The number of benzene rings is 1. The molecular weight excluding hydrogens is 405 g/mol. The van der Waals surface area contributed by atoms with Gasteiger partial charge in [-0.15, -0.1) is 24.8 Å². The molecule has 0 radical (unpaired) electrons. The summed E-state index contributed by atoms with van der Waals surface area (Å²) in [6.45, 7) is 2.72. The molecule has 130 valence electrons. The summed E-state index contributed by atoms with van der Waals surface area (Å²) >= 11 is 3.50. The van der Waals surface area contributed by atoms with Crippen molar-refractivity contribution in [2.24, 2.45) is 0 Å². The van der Waals surface area contributed by atoms with E-state index in [4.69, 9.17) is 9.47 Å². The van der Waals surface area contributed by atoms with Gasteiger partial charge in [0.25, 0.3) is 0 Å². The second kappa shape index (κ2) is 11.6. The van der Waals surface area contributed by atoms with E-state index in [1.807, 2.05) is 24.7 Å². The molecule has 0 amide bonds. The van der Waals surface area contributed by atoms with Crippen LogP contribution in [0.25, 0.3) is 0 Å². The molecule has 0 bridgehead atoms. The average molecular weight is 427 g/mol. The van der Waals surface area contributed by atoms with E-state index in [1.54, 1.807) is 20.4 Å². The van der Waals surface area contributed by atoms with E-state index in [0.29, 0.717) is 0 Å². The Hall–Kier alpha value is -0.950. The molecule has 5 nitrogen and oxygen atoms in total. The SMILES string of the molecule is COc1cc(CNCCCn2ccnc2)cc(Br)c1OC.Cl.Cl. The number of imidazole rings is 1. The maximum absolute atomic E-state index is 5.34. The number of aryl methyl sites for hydroxylation is 1. The Balaban J connectivity index is 0.00000242. The average Bonchev–Trinajstić information content (AvgIpc) is 2.99. The lowest BCUT2D eigenvalue weighted by Crippen LogP contribution is -2.16. The fourth-order valence-corrected chi connectivity index (χ4v) is 2.76. The third kappa shape index (κ3) is 6.59. The highest BCUT2D eigenvalue weighted by atomic mass is 79.9. The third-order valence-corrected chi connectivity index (χ3v) is 3.74. The predicted octanol–water partition coefficient (Wildman–Crippen LogP) is 3.69. The molecule has 0 atom stereocenters. The molecule has 0 aliphatic heterocycles. The van der Waals surface area contributed by atoms with Crippen molar-refractivity contribution in [3.05, 3.63) is 40.9 Å². The van der Waals surface area contributed by atoms with Gasteiger partial charge in [0.1, 0.15) is 0 Å². The first-order chi connectivity index (χ1) is 10.2. The standard InChI is InChI=1S/C15H20BrN3O2.2ClH/c1-20-14-9-12(8-13(16)15(14)21-2)10-17-4-3-6-19-7-5-18-11-19;;/h5,7-9,11,17H,3-4,6,10H2,1-2H3;2*1H. The topological polar surface area (TPSA) is 48.3 Å². The Kier molecular flexibility index (Phi) is 11.1. The molecule has 1 aromatic heterocycles. The molecule has 23 heavy (non-hydrogen) atoms. The van der Waals surface area contributed by atoms with Crippen molar-refractivity contribution in [1.82, 2.24) is 14.9 Å². The third-order valence-electron chi connectivity index (χ3n) is 3.15. The highest BCUT2D eigenvalue weighted by molar-refractivity contribution is 9.10. The molecule has 0 fully saturated rings. The van der Waals surface area contributed by atoms with Crippen molar-refractivity contribution >= 4 is 40.7 Å². The maximum Gasteiger partial charge on any atom is 0.174 e. The van der Waals surface area contributed by atoms with Gasteiger partial charge in [-0.25, -0.2) is 4.98 Å². The Morgan fingerprint density at radius 2 is 2.00 bits per heavy atom. The minimum Gasteiger partial charge on any atom is -0.493 e. The first-order valence-electron chi connectivity index (χ1n) is 6.81. The van der Waals surface area contributed by atoms with Gasteiger partial charge in [0.05, 0.1) is 25.0 Å². The van der Waals surface area contributed by atoms with Crippen molar-refractivity contribution in [2.45, 2.75) is 19.5 Å². The van der Waals surface area contributed by atoms with E-state index in [2.05, 4.69) is 30.8 Å². The van der Waals surface area contributed by atoms with Gasteiger partial charge in [-0.3, -0.25) is 0 Å². The van der Waals surface area contributed by atoms with Crippen LogP contribution in [-0.4, -0.2) is 30.3 Å². The Morgan fingerprint density at radius 3 is 2.61 bits per heavy atom. The lowest BCUT2D eigenvalue weighted by molar-refractivity contribution is 0.352. The first kappa shape index (κ1) is 22.1. The second-order valence-corrected chi connectivity index (χ2v) is 5.50. The summed E-state index contributed by atoms with van der Waals surface area (Å²) in [5, 5.41) is 3.43. The van der Waals surface area contributed by atoms with Crippen molar-refractivity contribution < 1.29 is 9.47 Å². The summed E-state index contributed by atoms with van der Waals surface area (Å²) in [7, 11) is 3.28. The fraction of sp³-hybridized carbons (Fsp3) is 0.400. The molecule has 1 N–H and O–H groups in total. The summed E-state index contributed by atoms with van der Waals surface area (Å²) in [4.78, 5) is 4.03. The number of hydrogen-bond acceptors (Lipinski definition) is 4. The molecule has 0 saturated heterocycles. The zero-order chi connectivity index (χ0) is 15.1. The van der Waals surface area contributed by atoms with Gasteiger partial charge in [-0.1, -0.05) is 0 Å². The van der Waals surface area contributed by atoms with Crippen LogP contribution < -0.4 is 14.8 Å². The lowest BCUT2D eigenvalue weighted by Gasteiger charge is -2.12. The number of hydrogen-bond donors (Lipinski definition) is 1. The Bertz CT molecular complexity index is 568. The summed E-state index contributed by atoms with van der Waals surface area (Å²) in [6, 6.07) is 4.04. The molecule has 2 aromatic rings. The molecule has 0 aliphatic carbocycles. The molecular formula is C15H22BrCl2N3O2. The zero-order valence-corrected chi connectivity index (χ0v) is 16.3. The normalized spacial score (nSPS) is 9.70. The molecule has 0 aliphatic rings. The highest BCUT2D eigenvalue weighted by Gasteiger charge is 2.10. The number of methoxy groups -OCH3 is 2. The number of aromatic nitrogens is 2. The van der Waals surface area contributed by atoms with E-state index >= 15 is 0 Å². The summed E-state index contributed by atoms with van der Waals surface area (Å²) in [6.07, 6.45) is 6.68. The minimum atomic E-state index is 0. The summed E-state index contributed by atoms with van der Waals surface area (Å²) < 4.78 is 13.6. The van der Waals surface area contributed by atoms with Gasteiger partial charge in [-0.05, 0) is 46.6 Å². The molecule has 0 spiro atoms. The van der Waals surface area contributed by atoms with Crippen LogP contribution in [0.15, 0.2) is 35.3 Å². The smallest absolute Gasteiger partial charge is 0.174 e. The number of nitrogens with one attached hydrogen (secondary N) is 1. The van der Waals surface area contributed by atoms with Crippen molar-refractivity contribution in [3.63, 3.8) is 0 Å². The molecule has 2 rings (SSSR count). The summed E-state index contributed by atoms with van der Waals surface area (Å²) in [5.74, 6) is 1.46. The van der Waals surface area contributed by atoms with Gasteiger partial charge in [0.2, 0.25) is 0 Å². The Labute approximate surface area is 157 Å². The van der Waals surface area contributed by atoms with Crippen LogP contribution in [0.2, 0.25) is 0 Å². The maximum atomic E-state index is 5.34. The molecule has 0 saturated carbocycles. The van der Waals surface area contributed by atoms with Gasteiger partial charge >= 0.3 is 0 Å². The van der Waals surface area contributed by atoms with Gasteiger partial charge in [0, 0.05) is 25.5 Å². The fourth-order valence-electron chi connectivity index (χ4n) is 2.11. The van der Waals surface area contributed by atoms with Crippen molar-refractivity contribution in [3.8, 4) is 11.5 Å². The molecule has 0 unspecified atom stereocenters. The predicted molar refractivity (Wildman–Crippen MR) is 100 cm³/mol. The first-order valence-corrected chi connectivity index (χ1v) is 7.60. The highest BCUT2D eigenvalue weighted by Crippen LogP contribution is 2.36. The van der Waals surface area contributed by atoms with Gasteiger partial charge < -0.3 is 19.4 Å².